The van der Waals surface area contributed by atoms with E-state index in [0.717, 1.165) is 23.4 Å². The molecule has 1 heterocycles. The highest BCUT2D eigenvalue weighted by molar-refractivity contribution is 5.92. The van der Waals surface area contributed by atoms with Crippen LogP contribution in [0.5, 0.6) is 11.5 Å². The molecule has 1 aliphatic heterocycles. The summed E-state index contributed by atoms with van der Waals surface area (Å²) in [6.45, 7) is 2.12. The van der Waals surface area contributed by atoms with Crippen LogP contribution in [0.2, 0.25) is 0 Å². The Morgan fingerprint density at radius 1 is 1.15 bits per heavy atom. The lowest BCUT2D eigenvalue weighted by molar-refractivity contribution is 0.297. The molecule has 0 aromatic heterocycles. The Hall–Kier alpha value is -2.80. The van der Waals surface area contributed by atoms with Gasteiger partial charge in [0.1, 0.15) is 5.82 Å². The number of ether oxygens (including phenoxy) is 2. The van der Waals surface area contributed by atoms with Crippen molar-refractivity contribution < 1.29 is 13.9 Å². The second-order valence-corrected chi connectivity index (χ2v) is 6.70. The average Bonchev–Trinajstić information content (AvgIpc) is 2.86. The number of aliphatic imine (C=N–C) groups is 1. The van der Waals surface area contributed by atoms with Crippen molar-refractivity contribution in [2.45, 2.75) is 19.5 Å². The number of nitrogens with two attached hydrogens (primary N) is 1. The topological polar surface area (TPSA) is 72.1 Å². The van der Waals surface area contributed by atoms with Crippen molar-refractivity contribution in [3.63, 3.8) is 0 Å². The van der Waals surface area contributed by atoms with Gasteiger partial charge in [-0.25, -0.2) is 9.38 Å². The van der Waals surface area contributed by atoms with Crippen LogP contribution in [0.1, 0.15) is 17.5 Å². The number of nitrogens with one attached hydrogen (secondary N) is 1. The van der Waals surface area contributed by atoms with Gasteiger partial charge in [-0.3, -0.25) is 0 Å². The van der Waals surface area contributed by atoms with Gasteiger partial charge in [0.05, 0.1) is 19.8 Å². The molecule has 1 aliphatic rings. The van der Waals surface area contributed by atoms with Gasteiger partial charge in [0.15, 0.2) is 17.5 Å². The lowest BCUT2D eigenvalue weighted by Crippen LogP contribution is -2.22. The van der Waals surface area contributed by atoms with Gasteiger partial charge < -0.3 is 25.4 Å². The average molecular weight is 372 g/mol. The minimum atomic E-state index is -0.231. The quantitative estimate of drug-likeness (QED) is 0.624. The van der Waals surface area contributed by atoms with E-state index in [-0.39, 0.29) is 11.8 Å². The summed E-state index contributed by atoms with van der Waals surface area (Å²) in [5, 5.41) is 3.03. The minimum absolute atomic E-state index is 0.231. The van der Waals surface area contributed by atoms with Crippen molar-refractivity contribution in [3.8, 4) is 11.5 Å². The van der Waals surface area contributed by atoms with Crippen molar-refractivity contribution in [2.24, 2.45) is 10.7 Å². The van der Waals surface area contributed by atoms with E-state index < -0.39 is 0 Å². The van der Waals surface area contributed by atoms with Crippen LogP contribution in [-0.4, -0.2) is 38.2 Å². The van der Waals surface area contributed by atoms with E-state index in [2.05, 4.69) is 10.3 Å². The molecule has 3 rings (SSSR count). The number of nitrogens with zero attached hydrogens (tertiary/aromatic N) is 2. The molecule has 0 aliphatic carbocycles. The van der Waals surface area contributed by atoms with Gasteiger partial charge in [0, 0.05) is 30.3 Å². The highest BCUT2D eigenvalue weighted by atomic mass is 19.1. The summed E-state index contributed by atoms with van der Waals surface area (Å²) in [5.41, 5.74) is 8.14. The standard InChI is InChI=1S/C20H25FN4O2/c1-25(2)13-15-5-4-14(10-17(15)21)12-23-20(22)24-16-6-7-18-19(11-16)27-9-3-8-26-18/h4-7,10-11H,3,8-9,12-13H2,1-2H3,(H3,22,23,24). The molecule has 7 heteroatoms. The van der Waals surface area contributed by atoms with E-state index in [1.807, 2.05) is 43.3 Å². The number of benzene rings is 2. The molecule has 0 atom stereocenters. The third kappa shape index (κ3) is 5.34. The zero-order valence-corrected chi connectivity index (χ0v) is 15.7. The summed E-state index contributed by atoms with van der Waals surface area (Å²) in [5.74, 6) is 1.43. The molecule has 0 unspecified atom stereocenters. The lowest BCUT2D eigenvalue weighted by atomic mass is 10.1. The third-order valence-corrected chi connectivity index (χ3v) is 4.06. The van der Waals surface area contributed by atoms with Crippen molar-refractivity contribution in [2.75, 3.05) is 32.6 Å². The first-order chi connectivity index (χ1) is 13.0. The van der Waals surface area contributed by atoms with Crippen molar-refractivity contribution >= 4 is 11.6 Å². The van der Waals surface area contributed by atoms with Gasteiger partial charge in [0.25, 0.3) is 0 Å². The van der Waals surface area contributed by atoms with Gasteiger partial charge in [-0.2, -0.15) is 0 Å². The van der Waals surface area contributed by atoms with Crippen LogP contribution in [0.15, 0.2) is 41.4 Å². The molecule has 0 amide bonds. The van der Waals surface area contributed by atoms with Crippen LogP contribution in [0.25, 0.3) is 0 Å². The smallest absolute Gasteiger partial charge is 0.193 e. The first-order valence-electron chi connectivity index (χ1n) is 8.90. The zero-order chi connectivity index (χ0) is 19.2. The highest BCUT2D eigenvalue weighted by Crippen LogP contribution is 2.32. The Labute approximate surface area is 158 Å². The number of hydrogen-bond acceptors (Lipinski definition) is 4. The number of rotatable bonds is 5. The predicted octanol–water partition coefficient (Wildman–Crippen LogP) is 2.98. The maximum atomic E-state index is 14.1. The molecule has 0 saturated heterocycles. The van der Waals surface area contributed by atoms with Gasteiger partial charge in [0.2, 0.25) is 0 Å². The molecule has 0 bridgehead atoms. The largest absolute Gasteiger partial charge is 0.490 e. The Kier molecular flexibility index (Phi) is 6.13. The second-order valence-electron chi connectivity index (χ2n) is 6.70. The number of anilines is 1. The van der Waals surface area contributed by atoms with Crippen LogP contribution in [0, 0.1) is 5.82 Å². The van der Waals surface area contributed by atoms with E-state index >= 15 is 0 Å². The fourth-order valence-corrected chi connectivity index (χ4v) is 2.76. The maximum absolute atomic E-state index is 14.1. The molecule has 0 spiro atoms. The molecule has 2 aromatic carbocycles. The van der Waals surface area contributed by atoms with E-state index in [0.29, 0.717) is 37.6 Å². The van der Waals surface area contributed by atoms with Crippen LogP contribution < -0.4 is 20.5 Å². The molecule has 0 fully saturated rings. The third-order valence-electron chi connectivity index (χ3n) is 4.06. The monoisotopic (exact) mass is 372 g/mol. The first kappa shape index (κ1) is 19.0. The Balaban J connectivity index is 1.63. The molecular formula is C20H25FN4O2. The van der Waals surface area contributed by atoms with Crippen LogP contribution in [-0.2, 0) is 13.1 Å². The molecule has 27 heavy (non-hydrogen) atoms. The maximum Gasteiger partial charge on any atom is 0.193 e. The van der Waals surface area contributed by atoms with Crippen molar-refractivity contribution in [1.82, 2.24) is 4.90 Å². The molecule has 2 aromatic rings. The second kappa shape index (κ2) is 8.73. The van der Waals surface area contributed by atoms with Crippen LogP contribution >= 0.6 is 0 Å². The minimum Gasteiger partial charge on any atom is -0.490 e. The summed E-state index contributed by atoms with van der Waals surface area (Å²) in [4.78, 5) is 6.21. The Morgan fingerprint density at radius 2 is 1.93 bits per heavy atom. The number of guanidine groups is 1. The van der Waals surface area contributed by atoms with Crippen molar-refractivity contribution in [1.29, 1.82) is 0 Å². The van der Waals surface area contributed by atoms with Gasteiger partial charge in [-0.05, 0) is 37.9 Å². The molecule has 0 radical (unpaired) electrons. The number of halogens is 1. The molecule has 0 saturated carbocycles. The Morgan fingerprint density at radius 3 is 2.67 bits per heavy atom. The fourth-order valence-electron chi connectivity index (χ4n) is 2.76. The van der Waals surface area contributed by atoms with Crippen LogP contribution in [0.4, 0.5) is 10.1 Å². The predicted molar refractivity (Wildman–Crippen MR) is 105 cm³/mol. The van der Waals surface area contributed by atoms with E-state index in [1.165, 1.54) is 6.07 Å². The van der Waals surface area contributed by atoms with Crippen molar-refractivity contribution in [3.05, 3.63) is 53.3 Å². The zero-order valence-electron chi connectivity index (χ0n) is 15.7. The molecular weight excluding hydrogens is 347 g/mol. The summed E-state index contributed by atoms with van der Waals surface area (Å²) in [6.07, 6.45) is 0.852. The Bertz CT molecular complexity index is 824. The molecule has 3 N–H and O–H groups in total. The fraction of sp³-hybridized carbons (Fsp3) is 0.350. The van der Waals surface area contributed by atoms with Crippen LogP contribution in [0.3, 0.4) is 0 Å². The van der Waals surface area contributed by atoms with Gasteiger partial charge in [-0.15, -0.1) is 0 Å². The first-order valence-corrected chi connectivity index (χ1v) is 8.90. The van der Waals surface area contributed by atoms with E-state index in [9.17, 15) is 4.39 Å². The number of hydrogen-bond donors (Lipinski definition) is 2. The summed E-state index contributed by atoms with van der Waals surface area (Å²) in [7, 11) is 3.81. The number of fused-ring (bicyclic) bond motifs is 1. The summed E-state index contributed by atoms with van der Waals surface area (Å²) >= 11 is 0. The molecule has 6 nitrogen and oxygen atoms in total. The normalized spacial score (nSPS) is 14.1. The van der Waals surface area contributed by atoms with Gasteiger partial charge >= 0.3 is 0 Å². The van der Waals surface area contributed by atoms with Gasteiger partial charge in [-0.1, -0.05) is 12.1 Å². The molecule has 144 valence electrons. The highest BCUT2D eigenvalue weighted by Gasteiger charge is 2.11. The SMILES string of the molecule is CN(C)Cc1ccc(CN=C(N)Nc2ccc3c(c2)OCCCO3)cc1F. The lowest BCUT2D eigenvalue weighted by Gasteiger charge is -2.12. The van der Waals surface area contributed by atoms with E-state index in [4.69, 9.17) is 15.2 Å². The van der Waals surface area contributed by atoms with E-state index in [1.54, 1.807) is 6.07 Å². The summed E-state index contributed by atoms with van der Waals surface area (Å²) in [6, 6.07) is 10.7. The summed E-state index contributed by atoms with van der Waals surface area (Å²) < 4.78 is 25.4.